The Bertz CT molecular complexity index is 529. The van der Waals surface area contributed by atoms with Gasteiger partial charge in [-0.15, -0.1) is 0 Å². The maximum Gasteiger partial charge on any atom is 0.235 e. The third-order valence-electron chi connectivity index (χ3n) is 3.85. The molecule has 1 saturated carbocycles. The zero-order valence-corrected chi connectivity index (χ0v) is 12.3. The first-order valence-corrected chi connectivity index (χ1v) is 6.89. The van der Waals surface area contributed by atoms with Crippen molar-refractivity contribution in [3.63, 3.8) is 0 Å². The first kappa shape index (κ1) is 14.1. The van der Waals surface area contributed by atoms with Gasteiger partial charge in [0, 0.05) is 10.6 Å². The largest absolute Gasteiger partial charge is 0.496 e. The minimum absolute atomic E-state index is 0.296. The van der Waals surface area contributed by atoms with Crippen LogP contribution in [0, 0.1) is 0 Å². The predicted octanol–water partition coefficient (Wildman–Crippen LogP) is 4.19. The Hall–Kier alpha value is -1.31. The average Bonchev–Trinajstić information content (AvgIpc) is 2.32. The monoisotopic (exact) mass is 279 g/mol. The number of hydrogen-bond donors (Lipinski definition) is 0. The molecule has 0 aromatic heterocycles. The molecular weight excluding hydrogens is 262 g/mol. The Morgan fingerprint density at radius 2 is 2.11 bits per heavy atom. The molecule has 0 atom stereocenters. The highest BCUT2D eigenvalue weighted by Gasteiger charge is 2.42. The third kappa shape index (κ3) is 2.41. The van der Waals surface area contributed by atoms with Crippen molar-refractivity contribution in [2.24, 2.45) is 4.99 Å². The van der Waals surface area contributed by atoms with Gasteiger partial charge in [0.25, 0.3) is 0 Å². The van der Waals surface area contributed by atoms with E-state index in [-0.39, 0.29) is 0 Å². The average molecular weight is 280 g/mol. The highest BCUT2D eigenvalue weighted by atomic mass is 35.5. The molecule has 102 valence electrons. The van der Waals surface area contributed by atoms with Crippen molar-refractivity contribution in [3.8, 4) is 5.75 Å². The van der Waals surface area contributed by atoms with E-state index in [0.29, 0.717) is 10.9 Å². The smallest absolute Gasteiger partial charge is 0.235 e. The van der Waals surface area contributed by atoms with Gasteiger partial charge >= 0.3 is 0 Å². The lowest BCUT2D eigenvalue weighted by Gasteiger charge is -2.38. The lowest BCUT2D eigenvalue weighted by Crippen LogP contribution is -2.32. The van der Waals surface area contributed by atoms with E-state index in [9.17, 15) is 4.79 Å². The lowest BCUT2D eigenvalue weighted by atomic mass is 9.71. The molecular formula is C15H18ClNO2. The van der Waals surface area contributed by atoms with E-state index in [4.69, 9.17) is 16.3 Å². The van der Waals surface area contributed by atoms with Gasteiger partial charge in [-0.25, -0.2) is 4.79 Å². The van der Waals surface area contributed by atoms with Crippen LogP contribution in [0.1, 0.15) is 50.2 Å². The molecule has 19 heavy (non-hydrogen) atoms. The molecule has 2 rings (SSSR count). The van der Waals surface area contributed by atoms with E-state index < -0.39 is 5.54 Å². The van der Waals surface area contributed by atoms with E-state index in [0.717, 1.165) is 36.1 Å². The van der Waals surface area contributed by atoms with Gasteiger partial charge in [0.05, 0.1) is 7.11 Å². The molecule has 1 aromatic carbocycles. The number of ether oxygens (including phenoxy) is 1. The number of benzene rings is 1. The Labute approximate surface area is 118 Å². The SMILES string of the molecule is COc1c(C(C)C)cc(Cl)cc1C1(N=C=O)CCC1. The number of hydrogen-bond acceptors (Lipinski definition) is 3. The highest BCUT2D eigenvalue weighted by Crippen LogP contribution is 2.50. The predicted molar refractivity (Wildman–Crippen MR) is 75.7 cm³/mol. The van der Waals surface area contributed by atoms with Crippen molar-refractivity contribution in [2.45, 2.75) is 44.6 Å². The second-order valence-electron chi connectivity index (χ2n) is 5.32. The standard InChI is InChI=1S/C15H18ClNO2/c1-10(2)12-7-11(16)8-13(14(12)19-3)15(17-9-18)5-4-6-15/h7-8,10H,4-6H2,1-3H3. The number of isocyanates is 1. The van der Waals surface area contributed by atoms with E-state index >= 15 is 0 Å². The molecule has 0 heterocycles. The van der Waals surface area contributed by atoms with Crippen LogP contribution in [-0.4, -0.2) is 13.2 Å². The van der Waals surface area contributed by atoms with Crippen LogP contribution in [0.25, 0.3) is 0 Å². The number of methoxy groups -OCH3 is 1. The summed E-state index contributed by atoms with van der Waals surface area (Å²) >= 11 is 6.21. The zero-order chi connectivity index (χ0) is 14.0. The molecule has 4 heteroatoms. The minimum atomic E-state index is -0.484. The maximum absolute atomic E-state index is 10.7. The van der Waals surface area contributed by atoms with Crippen LogP contribution in [0.2, 0.25) is 5.02 Å². The molecule has 0 N–H and O–H groups in total. The lowest BCUT2D eigenvalue weighted by molar-refractivity contribution is 0.245. The summed E-state index contributed by atoms with van der Waals surface area (Å²) in [7, 11) is 1.65. The van der Waals surface area contributed by atoms with Gasteiger partial charge in [-0.3, -0.25) is 0 Å². The minimum Gasteiger partial charge on any atom is -0.496 e. The zero-order valence-electron chi connectivity index (χ0n) is 11.5. The molecule has 0 radical (unpaired) electrons. The highest BCUT2D eigenvalue weighted by molar-refractivity contribution is 6.30. The van der Waals surface area contributed by atoms with Crippen molar-refractivity contribution in [1.82, 2.24) is 0 Å². The van der Waals surface area contributed by atoms with Gasteiger partial charge in [0.1, 0.15) is 11.3 Å². The molecule has 1 aliphatic rings. The summed E-state index contributed by atoms with van der Waals surface area (Å²) in [5.41, 5.74) is 1.49. The van der Waals surface area contributed by atoms with Crippen molar-refractivity contribution in [1.29, 1.82) is 0 Å². The van der Waals surface area contributed by atoms with Gasteiger partial charge < -0.3 is 4.74 Å². The molecule has 0 amide bonds. The van der Waals surface area contributed by atoms with Crippen LogP contribution in [0.3, 0.4) is 0 Å². The van der Waals surface area contributed by atoms with Gasteiger partial charge in [-0.2, -0.15) is 4.99 Å². The van der Waals surface area contributed by atoms with Gasteiger partial charge in [-0.05, 0) is 42.9 Å². The summed E-state index contributed by atoms with van der Waals surface area (Å²) in [6.45, 7) is 4.18. The first-order valence-electron chi connectivity index (χ1n) is 6.51. The van der Waals surface area contributed by atoms with Crippen LogP contribution in [0.15, 0.2) is 17.1 Å². The fourth-order valence-electron chi connectivity index (χ4n) is 2.66. The number of aliphatic imine (C=N–C) groups is 1. The Balaban J connectivity index is 2.65. The van der Waals surface area contributed by atoms with E-state index in [1.165, 1.54) is 0 Å². The molecule has 0 spiro atoms. The molecule has 0 bridgehead atoms. The summed E-state index contributed by atoms with van der Waals surface area (Å²) < 4.78 is 5.57. The van der Waals surface area contributed by atoms with Crippen LogP contribution in [0.5, 0.6) is 5.75 Å². The summed E-state index contributed by atoms with van der Waals surface area (Å²) in [5, 5.41) is 0.659. The van der Waals surface area contributed by atoms with Crippen molar-refractivity contribution in [2.75, 3.05) is 7.11 Å². The second kappa shape index (κ2) is 5.36. The topological polar surface area (TPSA) is 38.7 Å². The molecule has 0 saturated heterocycles. The quantitative estimate of drug-likeness (QED) is 0.612. The number of nitrogens with zero attached hydrogens (tertiary/aromatic N) is 1. The molecule has 0 aliphatic heterocycles. The van der Waals surface area contributed by atoms with Crippen LogP contribution in [0.4, 0.5) is 0 Å². The Morgan fingerprint density at radius 3 is 2.53 bits per heavy atom. The van der Waals surface area contributed by atoms with E-state index in [1.54, 1.807) is 13.2 Å². The molecule has 1 aliphatic carbocycles. The number of carbonyl (C=O) groups excluding carboxylic acids is 1. The van der Waals surface area contributed by atoms with E-state index in [1.807, 2.05) is 12.1 Å². The maximum atomic E-state index is 10.7. The van der Waals surface area contributed by atoms with E-state index in [2.05, 4.69) is 18.8 Å². The summed E-state index contributed by atoms with van der Waals surface area (Å²) in [4.78, 5) is 14.8. The first-order chi connectivity index (χ1) is 9.04. The van der Waals surface area contributed by atoms with Crippen LogP contribution >= 0.6 is 11.6 Å². The van der Waals surface area contributed by atoms with Crippen molar-refractivity contribution < 1.29 is 9.53 Å². The van der Waals surface area contributed by atoms with Gasteiger partial charge in [0.15, 0.2) is 0 Å². The number of halogens is 1. The normalized spacial score (nSPS) is 16.7. The fraction of sp³-hybridized carbons (Fsp3) is 0.533. The van der Waals surface area contributed by atoms with Crippen molar-refractivity contribution >= 4 is 17.7 Å². The second-order valence-corrected chi connectivity index (χ2v) is 5.76. The summed E-state index contributed by atoms with van der Waals surface area (Å²) in [5.74, 6) is 1.10. The van der Waals surface area contributed by atoms with Crippen molar-refractivity contribution in [3.05, 3.63) is 28.3 Å². The number of rotatable bonds is 4. The Kier molecular flexibility index (Phi) is 3.98. The van der Waals surface area contributed by atoms with Gasteiger partial charge in [-0.1, -0.05) is 25.4 Å². The molecule has 3 nitrogen and oxygen atoms in total. The van der Waals surface area contributed by atoms with Crippen LogP contribution in [-0.2, 0) is 10.3 Å². The summed E-state index contributed by atoms with van der Waals surface area (Å²) in [6.07, 6.45) is 4.45. The van der Waals surface area contributed by atoms with Crippen LogP contribution < -0.4 is 4.74 Å². The Morgan fingerprint density at radius 1 is 1.42 bits per heavy atom. The molecule has 1 fully saturated rings. The third-order valence-corrected chi connectivity index (χ3v) is 4.07. The molecule has 0 unspecified atom stereocenters. The fourth-order valence-corrected chi connectivity index (χ4v) is 2.88. The molecule has 1 aromatic rings. The summed E-state index contributed by atoms with van der Waals surface area (Å²) in [6, 6.07) is 3.79. The van der Waals surface area contributed by atoms with Gasteiger partial charge in [0.2, 0.25) is 6.08 Å².